The molecule has 0 radical (unpaired) electrons. The van der Waals surface area contributed by atoms with Crippen molar-refractivity contribution >= 4 is 11.8 Å². The molecule has 194 valence electrons. The number of hydrazine groups is 1. The minimum Gasteiger partial charge on any atom is -0.355 e. The van der Waals surface area contributed by atoms with Crippen LogP contribution in [0.3, 0.4) is 0 Å². The van der Waals surface area contributed by atoms with E-state index in [-0.39, 0.29) is 67.4 Å². The molecule has 5 atom stereocenters. The summed E-state index contributed by atoms with van der Waals surface area (Å²) in [5.74, 6) is -0.792. The second kappa shape index (κ2) is 11.5. The molecule has 4 aliphatic rings. The van der Waals surface area contributed by atoms with Gasteiger partial charge >= 0.3 is 6.18 Å². The lowest BCUT2D eigenvalue weighted by atomic mass is 9.76. The summed E-state index contributed by atoms with van der Waals surface area (Å²) in [6.07, 6.45) is 1.60. The first-order valence-electron chi connectivity index (χ1n) is 12.6. The molecular formula is C22H37F3N6O3. The zero-order valence-corrected chi connectivity index (χ0v) is 19.4. The van der Waals surface area contributed by atoms with Crippen LogP contribution in [0.2, 0.25) is 0 Å². The molecule has 4 fully saturated rings. The van der Waals surface area contributed by atoms with Crippen LogP contribution in [0.25, 0.3) is 0 Å². The third-order valence-corrected chi connectivity index (χ3v) is 7.79. The molecule has 0 spiro atoms. The molecule has 2 heterocycles. The third-order valence-electron chi connectivity index (χ3n) is 7.79. The van der Waals surface area contributed by atoms with Crippen molar-refractivity contribution in [3.8, 4) is 0 Å². The summed E-state index contributed by atoms with van der Waals surface area (Å²) in [6.45, 7) is 1.07. The van der Waals surface area contributed by atoms with Crippen LogP contribution < -0.4 is 32.3 Å². The van der Waals surface area contributed by atoms with Gasteiger partial charge in [-0.15, -0.1) is 0 Å². The van der Waals surface area contributed by atoms with Crippen LogP contribution in [0.1, 0.15) is 64.2 Å². The zero-order valence-electron chi connectivity index (χ0n) is 19.4. The fourth-order valence-electron chi connectivity index (χ4n) is 5.79. The first kappa shape index (κ1) is 25.6. The lowest BCUT2D eigenvalue weighted by molar-refractivity contribution is -0.184. The number of carbonyl (C=O) groups is 2. The molecule has 9 nitrogen and oxygen atoms in total. The molecule has 34 heavy (non-hydrogen) atoms. The van der Waals surface area contributed by atoms with E-state index in [1.54, 1.807) is 0 Å². The lowest BCUT2D eigenvalue weighted by Gasteiger charge is -2.41. The molecule has 2 aliphatic heterocycles. The maximum absolute atomic E-state index is 12.9. The summed E-state index contributed by atoms with van der Waals surface area (Å²) in [6, 6.07) is 0. The summed E-state index contributed by atoms with van der Waals surface area (Å²) in [7, 11) is 0. The van der Waals surface area contributed by atoms with Crippen LogP contribution in [0, 0.1) is 23.7 Å². The van der Waals surface area contributed by atoms with Gasteiger partial charge in [-0.1, -0.05) is 12.8 Å². The van der Waals surface area contributed by atoms with Gasteiger partial charge in [-0.2, -0.15) is 18.7 Å². The van der Waals surface area contributed by atoms with E-state index in [4.69, 9.17) is 4.84 Å². The summed E-state index contributed by atoms with van der Waals surface area (Å²) >= 11 is 0. The minimum atomic E-state index is -4.11. The van der Waals surface area contributed by atoms with E-state index in [0.717, 1.165) is 25.7 Å². The van der Waals surface area contributed by atoms with E-state index in [1.807, 2.05) is 0 Å². The van der Waals surface area contributed by atoms with E-state index in [1.165, 1.54) is 0 Å². The molecule has 0 aromatic carbocycles. The van der Waals surface area contributed by atoms with Gasteiger partial charge in [0.1, 0.15) is 6.23 Å². The highest BCUT2D eigenvalue weighted by Gasteiger charge is 2.43. The number of hydrogen-bond acceptors (Lipinski definition) is 7. The largest absolute Gasteiger partial charge is 0.391 e. The van der Waals surface area contributed by atoms with Crippen molar-refractivity contribution in [2.24, 2.45) is 23.7 Å². The SMILES string of the molecule is O=C(CCC1NC(C2CCC(C(F)(F)F)CC2)NO1)NCCNC1NNC(=O)C2CCCCC12. The fraction of sp³-hybridized carbons (Fsp3) is 0.909. The molecule has 2 saturated carbocycles. The molecule has 5 unspecified atom stereocenters. The molecule has 0 aromatic rings. The predicted octanol–water partition coefficient (Wildman–Crippen LogP) is 1.38. The summed E-state index contributed by atoms with van der Waals surface area (Å²) in [5, 5.41) is 9.54. The molecule has 4 rings (SSSR count). The molecule has 12 heteroatoms. The number of rotatable bonds is 8. The highest BCUT2D eigenvalue weighted by molar-refractivity contribution is 5.79. The maximum Gasteiger partial charge on any atom is 0.391 e. The van der Waals surface area contributed by atoms with Gasteiger partial charge in [0.15, 0.2) is 0 Å². The first-order valence-corrected chi connectivity index (χ1v) is 12.6. The lowest BCUT2D eigenvalue weighted by Crippen LogP contribution is -2.64. The van der Waals surface area contributed by atoms with E-state index in [2.05, 4.69) is 32.3 Å². The Morgan fingerprint density at radius 2 is 1.82 bits per heavy atom. The molecular weight excluding hydrogens is 453 g/mol. The summed E-state index contributed by atoms with van der Waals surface area (Å²) in [4.78, 5) is 29.7. The number of fused-ring (bicyclic) bond motifs is 1. The molecule has 0 bridgehead atoms. The van der Waals surface area contributed by atoms with E-state index < -0.39 is 12.1 Å². The predicted molar refractivity (Wildman–Crippen MR) is 117 cm³/mol. The number of halogens is 3. The average Bonchev–Trinajstić information content (AvgIpc) is 3.31. The molecule has 2 aliphatic carbocycles. The van der Waals surface area contributed by atoms with Crippen molar-refractivity contribution in [2.75, 3.05) is 13.1 Å². The van der Waals surface area contributed by atoms with Crippen molar-refractivity contribution in [3.05, 3.63) is 0 Å². The van der Waals surface area contributed by atoms with Gasteiger partial charge in [0.05, 0.1) is 18.2 Å². The van der Waals surface area contributed by atoms with Gasteiger partial charge in [0, 0.05) is 31.3 Å². The smallest absolute Gasteiger partial charge is 0.355 e. The Morgan fingerprint density at radius 3 is 2.59 bits per heavy atom. The molecule has 2 amide bonds. The summed E-state index contributed by atoms with van der Waals surface area (Å²) < 4.78 is 38.6. The number of carbonyl (C=O) groups excluding carboxylic acids is 2. The van der Waals surface area contributed by atoms with Gasteiger partial charge in [-0.05, 0) is 50.9 Å². The van der Waals surface area contributed by atoms with Crippen molar-refractivity contribution in [1.82, 2.24) is 32.3 Å². The van der Waals surface area contributed by atoms with Gasteiger partial charge in [0.2, 0.25) is 11.8 Å². The standard InChI is InChI=1S/C22H37F3N6O3/c23-22(24,25)14-7-5-13(6-8-14)19-28-18(34-31-19)10-9-17(32)26-11-12-27-20-15-3-1-2-4-16(15)21(33)30-29-20/h13-16,18-20,27-29,31H,1-12H2,(H,26,32)(H,30,33). The third kappa shape index (κ3) is 6.60. The van der Waals surface area contributed by atoms with Crippen LogP contribution in [-0.4, -0.2) is 49.6 Å². The first-order chi connectivity index (χ1) is 16.3. The van der Waals surface area contributed by atoms with Crippen LogP contribution in [0.15, 0.2) is 0 Å². The molecule has 6 N–H and O–H groups in total. The van der Waals surface area contributed by atoms with Gasteiger partial charge in [0.25, 0.3) is 0 Å². The quantitative estimate of drug-likeness (QED) is 0.285. The van der Waals surface area contributed by atoms with Crippen LogP contribution >= 0.6 is 0 Å². The van der Waals surface area contributed by atoms with Crippen LogP contribution in [0.5, 0.6) is 0 Å². The number of alkyl halides is 3. The van der Waals surface area contributed by atoms with Crippen LogP contribution in [-0.2, 0) is 14.4 Å². The van der Waals surface area contributed by atoms with Crippen LogP contribution in [0.4, 0.5) is 13.2 Å². The zero-order chi connectivity index (χ0) is 24.1. The van der Waals surface area contributed by atoms with E-state index >= 15 is 0 Å². The van der Waals surface area contributed by atoms with Gasteiger partial charge in [-0.3, -0.25) is 30.5 Å². The Kier molecular flexibility index (Phi) is 8.67. The van der Waals surface area contributed by atoms with Gasteiger partial charge in [-0.25, -0.2) is 5.43 Å². The van der Waals surface area contributed by atoms with E-state index in [9.17, 15) is 22.8 Å². The Bertz CT molecular complexity index is 704. The number of amides is 2. The highest BCUT2D eigenvalue weighted by Crippen LogP contribution is 2.40. The number of nitrogens with one attached hydrogen (secondary N) is 6. The minimum absolute atomic E-state index is 0.00481. The van der Waals surface area contributed by atoms with E-state index in [0.29, 0.717) is 32.4 Å². The highest BCUT2D eigenvalue weighted by atomic mass is 19.4. The second-order valence-corrected chi connectivity index (χ2v) is 10.0. The second-order valence-electron chi connectivity index (χ2n) is 10.0. The maximum atomic E-state index is 12.9. The van der Waals surface area contributed by atoms with Crippen molar-refractivity contribution in [1.29, 1.82) is 0 Å². The Hall–Kier alpha value is -1.47. The van der Waals surface area contributed by atoms with Crippen molar-refractivity contribution < 1.29 is 27.6 Å². The Balaban J connectivity index is 1.07. The van der Waals surface area contributed by atoms with Crippen molar-refractivity contribution in [2.45, 2.75) is 88.9 Å². The Labute approximate surface area is 198 Å². The average molecular weight is 491 g/mol. The number of hydrogen-bond donors (Lipinski definition) is 6. The monoisotopic (exact) mass is 490 g/mol. The Morgan fingerprint density at radius 1 is 1.06 bits per heavy atom. The normalized spacial score (nSPS) is 36.6. The topological polar surface area (TPSA) is 116 Å². The van der Waals surface area contributed by atoms with Crippen molar-refractivity contribution in [3.63, 3.8) is 0 Å². The summed E-state index contributed by atoms with van der Waals surface area (Å²) in [5.41, 5.74) is 8.70. The molecule has 0 aromatic heterocycles. The van der Waals surface area contributed by atoms with Gasteiger partial charge < -0.3 is 5.32 Å². The fourth-order valence-corrected chi connectivity index (χ4v) is 5.79. The number of hydroxylamine groups is 1. The molecule has 2 saturated heterocycles.